The number of hydrogen-bond donors (Lipinski definition) is 1. The molecule has 2 heterocycles. The second kappa shape index (κ2) is 8.62. The average molecular weight is 459 g/mol. The smallest absolute Gasteiger partial charge is 0.261 e. The molecule has 0 saturated carbocycles. The summed E-state index contributed by atoms with van der Waals surface area (Å²) in [5.41, 5.74) is 1.03. The Morgan fingerprint density at radius 1 is 1.15 bits per heavy atom. The number of nitrogens with zero attached hydrogens (tertiary/aromatic N) is 1. The molecule has 26 heavy (non-hydrogen) atoms. The van der Waals surface area contributed by atoms with Crippen LogP contribution in [0.25, 0.3) is 10.4 Å². The fourth-order valence-electron chi connectivity index (χ4n) is 2.56. The molecule has 1 amide bonds. The van der Waals surface area contributed by atoms with E-state index in [2.05, 4.69) is 21.2 Å². The minimum absolute atomic E-state index is 0.0873. The van der Waals surface area contributed by atoms with Crippen molar-refractivity contribution in [2.45, 2.75) is 0 Å². The summed E-state index contributed by atoms with van der Waals surface area (Å²) >= 11 is 4.78. The zero-order valence-corrected chi connectivity index (χ0v) is 17.2. The molecule has 6 nitrogen and oxygen atoms in total. The zero-order valence-electron chi connectivity index (χ0n) is 14.0. The quantitative estimate of drug-likeness (QED) is 0.721. The van der Waals surface area contributed by atoms with Crippen LogP contribution in [0.15, 0.2) is 40.9 Å². The Labute approximate surface area is 165 Å². The molecule has 1 aromatic heterocycles. The Morgan fingerprint density at radius 2 is 1.85 bits per heavy atom. The van der Waals surface area contributed by atoms with Crippen LogP contribution >= 0.6 is 27.3 Å². The first kappa shape index (κ1) is 19.5. The van der Waals surface area contributed by atoms with Crippen molar-refractivity contribution >= 4 is 43.2 Å². The van der Waals surface area contributed by atoms with Gasteiger partial charge in [0.05, 0.1) is 23.8 Å². The lowest BCUT2D eigenvalue weighted by molar-refractivity contribution is 0.0730. The van der Waals surface area contributed by atoms with E-state index >= 15 is 0 Å². The number of hydrogen-bond acceptors (Lipinski definition) is 5. The molecule has 1 saturated heterocycles. The van der Waals surface area contributed by atoms with Gasteiger partial charge in [0.25, 0.3) is 5.91 Å². The molecule has 1 N–H and O–H groups in total. The number of nitrogens with one attached hydrogen (secondary N) is 1. The Morgan fingerprint density at radius 3 is 2.54 bits per heavy atom. The minimum atomic E-state index is -3.37. The number of amides is 1. The monoisotopic (exact) mass is 458 g/mol. The number of rotatable bonds is 6. The van der Waals surface area contributed by atoms with Crippen molar-refractivity contribution in [2.75, 3.05) is 38.6 Å². The molecule has 140 valence electrons. The molecule has 1 fully saturated rings. The third-order valence-electron chi connectivity index (χ3n) is 3.97. The van der Waals surface area contributed by atoms with Gasteiger partial charge in [-0.05, 0) is 29.8 Å². The molecule has 0 unspecified atom stereocenters. The van der Waals surface area contributed by atoms with Gasteiger partial charge in [-0.2, -0.15) is 4.31 Å². The maximum atomic E-state index is 12.3. The van der Waals surface area contributed by atoms with Gasteiger partial charge in [-0.25, -0.2) is 8.42 Å². The van der Waals surface area contributed by atoms with Crippen molar-refractivity contribution in [2.24, 2.45) is 0 Å². The number of carbonyl (C=O) groups excluding carboxylic acids is 1. The molecule has 0 bridgehead atoms. The number of thiophene rings is 1. The second-order valence-corrected chi connectivity index (χ2v) is 9.84. The predicted octanol–water partition coefficient (Wildman–Crippen LogP) is 2.57. The van der Waals surface area contributed by atoms with Crippen LogP contribution < -0.4 is 5.32 Å². The molecule has 3 rings (SSSR count). The lowest BCUT2D eigenvalue weighted by Crippen LogP contribution is -2.43. The van der Waals surface area contributed by atoms with E-state index in [9.17, 15) is 13.2 Å². The Hall–Kier alpha value is -1.26. The Kier molecular flexibility index (Phi) is 6.46. The van der Waals surface area contributed by atoms with Gasteiger partial charge < -0.3 is 10.1 Å². The average Bonchev–Trinajstić information content (AvgIpc) is 3.13. The van der Waals surface area contributed by atoms with Crippen molar-refractivity contribution in [3.63, 3.8) is 0 Å². The van der Waals surface area contributed by atoms with Crippen LogP contribution in [0.5, 0.6) is 0 Å². The number of morpholine rings is 1. The molecule has 1 aromatic carbocycles. The van der Waals surface area contributed by atoms with E-state index in [4.69, 9.17) is 4.74 Å². The maximum Gasteiger partial charge on any atom is 0.261 e. The first-order valence-corrected chi connectivity index (χ1v) is 11.4. The first-order chi connectivity index (χ1) is 12.5. The van der Waals surface area contributed by atoms with Crippen molar-refractivity contribution in [1.82, 2.24) is 9.62 Å². The Balaban J connectivity index is 1.54. The van der Waals surface area contributed by atoms with Gasteiger partial charge in [-0.15, -0.1) is 11.3 Å². The van der Waals surface area contributed by atoms with Gasteiger partial charge in [0, 0.05) is 29.0 Å². The first-order valence-electron chi connectivity index (χ1n) is 8.15. The minimum Gasteiger partial charge on any atom is -0.379 e. The van der Waals surface area contributed by atoms with Gasteiger partial charge in [0.15, 0.2) is 0 Å². The summed E-state index contributed by atoms with van der Waals surface area (Å²) in [6.07, 6.45) is 0. The van der Waals surface area contributed by atoms with Gasteiger partial charge in [0.2, 0.25) is 10.0 Å². The number of ether oxygens (including phenoxy) is 1. The topological polar surface area (TPSA) is 75.7 Å². The van der Waals surface area contributed by atoms with Crippen molar-refractivity contribution in [3.8, 4) is 10.4 Å². The summed E-state index contributed by atoms with van der Waals surface area (Å²) in [6.45, 7) is 1.67. The highest BCUT2D eigenvalue weighted by Gasteiger charge is 2.24. The molecule has 1 aliphatic heterocycles. The normalized spacial score (nSPS) is 15.7. The number of benzene rings is 1. The van der Waals surface area contributed by atoms with Gasteiger partial charge in [-0.1, -0.05) is 28.1 Å². The summed E-state index contributed by atoms with van der Waals surface area (Å²) in [5, 5.41) is 2.69. The lowest BCUT2D eigenvalue weighted by Gasteiger charge is -2.25. The summed E-state index contributed by atoms with van der Waals surface area (Å²) in [7, 11) is -3.37. The van der Waals surface area contributed by atoms with E-state index in [-0.39, 0.29) is 18.2 Å². The highest BCUT2D eigenvalue weighted by atomic mass is 79.9. The lowest BCUT2D eigenvalue weighted by atomic mass is 10.2. The zero-order chi connectivity index (χ0) is 18.6. The molecule has 0 radical (unpaired) electrons. The summed E-state index contributed by atoms with van der Waals surface area (Å²) in [6, 6.07) is 11.5. The third-order valence-corrected chi connectivity index (χ3v) is 7.50. The summed E-state index contributed by atoms with van der Waals surface area (Å²) < 4.78 is 32.1. The van der Waals surface area contributed by atoms with E-state index in [0.29, 0.717) is 31.2 Å². The molecule has 1 aliphatic rings. The fourth-order valence-corrected chi connectivity index (χ4v) is 5.08. The van der Waals surface area contributed by atoms with Gasteiger partial charge in [-0.3, -0.25) is 4.79 Å². The SMILES string of the molecule is O=C(NCCS(=O)(=O)N1CCOCC1)c1ccc(-c2ccc(Br)cc2)s1. The molecule has 0 spiro atoms. The van der Waals surface area contributed by atoms with E-state index in [1.54, 1.807) is 6.07 Å². The van der Waals surface area contributed by atoms with Gasteiger partial charge >= 0.3 is 0 Å². The third kappa shape index (κ3) is 4.92. The van der Waals surface area contributed by atoms with E-state index in [0.717, 1.165) is 14.9 Å². The summed E-state index contributed by atoms with van der Waals surface area (Å²) in [4.78, 5) is 13.8. The van der Waals surface area contributed by atoms with Gasteiger partial charge in [0.1, 0.15) is 0 Å². The fraction of sp³-hybridized carbons (Fsp3) is 0.353. The molecule has 2 aromatic rings. The molecule has 9 heteroatoms. The second-order valence-electron chi connectivity index (χ2n) is 5.75. The highest BCUT2D eigenvalue weighted by molar-refractivity contribution is 9.10. The molecule has 0 aliphatic carbocycles. The van der Waals surface area contributed by atoms with Crippen LogP contribution in [-0.2, 0) is 14.8 Å². The van der Waals surface area contributed by atoms with Crippen molar-refractivity contribution < 1.29 is 17.9 Å². The summed E-state index contributed by atoms with van der Waals surface area (Å²) in [5.74, 6) is -0.362. The van der Waals surface area contributed by atoms with E-state index in [1.165, 1.54) is 15.6 Å². The van der Waals surface area contributed by atoms with Crippen molar-refractivity contribution in [1.29, 1.82) is 0 Å². The molecule has 0 atom stereocenters. The van der Waals surface area contributed by atoms with Crippen LogP contribution in [-0.4, -0.2) is 57.2 Å². The number of sulfonamides is 1. The highest BCUT2D eigenvalue weighted by Crippen LogP contribution is 2.29. The largest absolute Gasteiger partial charge is 0.379 e. The number of carbonyl (C=O) groups is 1. The van der Waals surface area contributed by atoms with Crippen molar-refractivity contribution in [3.05, 3.63) is 45.7 Å². The predicted molar refractivity (Wildman–Crippen MR) is 106 cm³/mol. The number of halogens is 1. The standard InChI is InChI=1S/C17H19BrN2O4S2/c18-14-3-1-13(2-4-14)15-5-6-16(25-15)17(21)19-7-12-26(22,23)20-8-10-24-11-9-20/h1-6H,7-12H2,(H,19,21). The molecular weight excluding hydrogens is 440 g/mol. The van der Waals surface area contributed by atoms with Crippen LogP contribution in [0.2, 0.25) is 0 Å². The Bertz CT molecular complexity index is 859. The van der Waals surface area contributed by atoms with Crippen LogP contribution in [0.4, 0.5) is 0 Å². The van der Waals surface area contributed by atoms with E-state index in [1.807, 2.05) is 30.3 Å². The van der Waals surface area contributed by atoms with Crippen LogP contribution in [0.1, 0.15) is 9.67 Å². The maximum absolute atomic E-state index is 12.3. The van der Waals surface area contributed by atoms with Crippen LogP contribution in [0, 0.1) is 0 Å². The van der Waals surface area contributed by atoms with Crippen LogP contribution in [0.3, 0.4) is 0 Å². The van der Waals surface area contributed by atoms with E-state index < -0.39 is 10.0 Å². The molecular formula is C17H19BrN2O4S2.